The summed E-state index contributed by atoms with van der Waals surface area (Å²) in [5.41, 5.74) is 4.82. The van der Waals surface area contributed by atoms with Crippen molar-refractivity contribution in [3.63, 3.8) is 0 Å². The van der Waals surface area contributed by atoms with Crippen LogP contribution in [-0.2, 0) is 0 Å². The number of H-pyrrole nitrogens is 1. The molecule has 4 aromatic rings. The lowest BCUT2D eigenvalue weighted by Crippen LogP contribution is -2.49. The molecule has 1 N–H and O–H groups in total. The van der Waals surface area contributed by atoms with Crippen LogP contribution in [0.25, 0.3) is 11.3 Å². The molecular weight excluding hydrogens is 460 g/mol. The molecule has 6 heteroatoms. The van der Waals surface area contributed by atoms with Crippen LogP contribution in [0.4, 0.5) is 0 Å². The molecular formula is C31H34N4O2. The van der Waals surface area contributed by atoms with Crippen molar-refractivity contribution in [2.45, 2.75) is 25.8 Å². The van der Waals surface area contributed by atoms with E-state index < -0.39 is 0 Å². The number of aromatic nitrogens is 2. The number of ether oxygens (including phenoxy) is 1. The van der Waals surface area contributed by atoms with Crippen LogP contribution in [-0.4, -0.2) is 58.7 Å². The van der Waals surface area contributed by atoms with Gasteiger partial charge in [0, 0.05) is 31.7 Å². The Hall–Kier alpha value is -3.90. The van der Waals surface area contributed by atoms with Crippen LogP contribution < -0.4 is 4.74 Å². The Balaban J connectivity index is 1.27. The summed E-state index contributed by atoms with van der Waals surface area (Å²) in [5.74, 6) is 0.856. The highest BCUT2D eigenvalue weighted by molar-refractivity contribution is 5.99. The number of nitrogens with one attached hydrogen (secondary N) is 1. The van der Waals surface area contributed by atoms with Gasteiger partial charge in [0.1, 0.15) is 5.75 Å². The minimum atomic E-state index is 0.0163. The maximum absolute atomic E-state index is 13.5. The van der Waals surface area contributed by atoms with E-state index in [1.807, 2.05) is 29.2 Å². The number of aromatic amines is 1. The maximum Gasteiger partial charge on any atom is 0.257 e. The van der Waals surface area contributed by atoms with Gasteiger partial charge in [-0.2, -0.15) is 5.10 Å². The number of unbranched alkanes of at least 4 members (excludes halogenated alkanes) is 1. The molecule has 1 aliphatic heterocycles. The molecule has 0 spiro atoms. The molecule has 0 bridgehead atoms. The largest absolute Gasteiger partial charge is 0.494 e. The Labute approximate surface area is 218 Å². The monoisotopic (exact) mass is 494 g/mol. The fourth-order valence-electron chi connectivity index (χ4n) is 4.96. The van der Waals surface area contributed by atoms with E-state index >= 15 is 0 Å². The van der Waals surface area contributed by atoms with Gasteiger partial charge in [-0.05, 0) is 41.8 Å². The van der Waals surface area contributed by atoms with Crippen LogP contribution in [0, 0.1) is 0 Å². The zero-order chi connectivity index (χ0) is 25.5. The van der Waals surface area contributed by atoms with Crippen molar-refractivity contribution in [1.82, 2.24) is 20.0 Å². The molecule has 0 saturated carbocycles. The summed E-state index contributed by atoms with van der Waals surface area (Å²) in [7, 11) is 0. The number of piperazine rings is 1. The van der Waals surface area contributed by atoms with Gasteiger partial charge in [-0.15, -0.1) is 0 Å². The fourth-order valence-corrected chi connectivity index (χ4v) is 4.96. The van der Waals surface area contributed by atoms with Gasteiger partial charge in [0.25, 0.3) is 5.91 Å². The first-order chi connectivity index (χ1) is 18.2. The minimum Gasteiger partial charge on any atom is -0.494 e. The van der Waals surface area contributed by atoms with Crippen molar-refractivity contribution in [2.75, 3.05) is 32.8 Å². The highest BCUT2D eigenvalue weighted by Gasteiger charge is 2.30. The van der Waals surface area contributed by atoms with Crippen LogP contribution in [0.15, 0.2) is 91.1 Å². The highest BCUT2D eigenvalue weighted by atomic mass is 16.5. The first-order valence-electron chi connectivity index (χ1n) is 13.1. The van der Waals surface area contributed by atoms with Gasteiger partial charge >= 0.3 is 0 Å². The fraction of sp³-hybridized carbons (Fsp3) is 0.290. The van der Waals surface area contributed by atoms with Crippen LogP contribution in [0.5, 0.6) is 5.75 Å². The van der Waals surface area contributed by atoms with E-state index in [1.165, 1.54) is 11.1 Å². The number of amides is 1. The van der Waals surface area contributed by atoms with Gasteiger partial charge in [0.15, 0.2) is 0 Å². The molecule has 0 radical (unpaired) electrons. The molecule has 5 rings (SSSR count). The zero-order valence-electron chi connectivity index (χ0n) is 21.3. The van der Waals surface area contributed by atoms with Crippen LogP contribution in [0.2, 0.25) is 0 Å². The van der Waals surface area contributed by atoms with Crippen molar-refractivity contribution in [2.24, 2.45) is 0 Å². The van der Waals surface area contributed by atoms with Gasteiger partial charge < -0.3 is 9.64 Å². The van der Waals surface area contributed by atoms with Crippen molar-refractivity contribution >= 4 is 5.91 Å². The topological polar surface area (TPSA) is 61.5 Å². The molecule has 0 atom stereocenters. The number of carbonyl (C=O) groups is 1. The lowest BCUT2D eigenvalue weighted by atomic mass is 9.96. The molecule has 2 heterocycles. The summed E-state index contributed by atoms with van der Waals surface area (Å²) >= 11 is 0. The summed E-state index contributed by atoms with van der Waals surface area (Å²) < 4.78 is 5.78. The Morgan fingerprint density at radius 2 is 1.51 bits per heavy atom. The predicted molar refractivity (Wildman–Crippen MR) is 147 cm³/mol. The molecule has 3 aromatic carbocycles. The Morgan fingerprint density at radius 3 is 2.11 bits per heavy atom. The Bertz CT molecular complexity index is 1220. The third kappa shape index (κ3) is 5.75. The summed E-state index contributed by atoms with van der Waals surface area (Å²) in [6, 6.07) is 29.3. The molecule has 1 amide bonds. The quantitative estimate of drug-likeness (QED) is 0.299. The molecule has 0 unspecified atom stereocenters. The van der Waals surface area contributed by atoms with Gasteiger partial charge in [-0.1, -0.05) is 74.0 Å². The normalized spacial score (nSPS) is 14.2. The molecule has 1 aliphatic rings. The number of carbonyl (C=O) groups excluding carboxylic acids is 1. The van der Waals surface area contributed by atoms with Crippen LogP contribution in [0.1, 0.15) is 47.3 Å². The lowest BCUT2D eigenvalue weighted by molar-refractivity contribution is 0.0598. The van der Waals surface area contributed by atoms with Crippen molar-refractivity contribution in [1.29, 1.82) is 0 Å². The smallest absolute Gasteiger partial charge is 0.257 e. The molecule has 1 saturated heterocycles. The predicted octanol–water partition coefficient (Wildman–Crippen LogP) is 5.80. The molecule has 1 fully saturated rings. The molecule has 190 valence electrons. The number of hydrogen-bond acceptors (Lipinski definition) is 4. The average molecular weight is 495 g/mol. The Kier molecular flexibility index (Phi) is 7.96. The Morgan fingerprint density at radius 1 is 0.892 bits per heavy atom. The van der Waals surface area contributed by atoms with E-state index in [0.29, 0.717) is 25.3 Å². The van der Waals surface area contributed by atoms with Gasteiger partial charge in [-0.25, -0.2) is 0 Å². The standard InChI is InChI=1S/C31H34N4O2/c1-2-3-22-37-27-16-14-24(15-17-27)29-28(23-32-33-29)31(36)35-20-18-34(19-21-35)30(25-10-6-4-7-11-25)26-12-8-5-9-13-26/h4-17,23,30H,2-3,18-22H2,1H3,(H,32,33). The van der Waals surface area contributed by atoms with E-state index in [-0.39, 0.29) is 11.9 Å². The third-order valence-electron chi connectivity index (χ3n) is 6.98. The average Bonchev–Trinajstić information content (AvgIpc) is 3.45. The van der Waals surface area contributed by atoms with Gasteiger partial charge in [0.05, 0.1) is 30.1 Å². The molecule has 0 aliphatic carbocycles. The highest BCUT2D eigenvalue weighted by Crippen LogP contribution is 2.30. The summed E-state index contributed by atoms with van der Waals surface area (Å²) in [6.45, 7) is 5.81. The molecule has 37 heavy (non-hydrogen) atoms. The summed E-state index contributed by atoms with van der Waals surface area (Å²) in [6.07, 6.45) is 3.78. The second-order valence-electron chi connectivity index (χ2n) is 9.44. The maximum atomic E-state index is 13.5. The van der Waals surface area contributed by atoms with E-state index in [0.717, 1.165) is 42.9 Å². The molecule has 1 aromatic heterocycles. The first-order valence-corrected chi connectivity index (χ1v) is 13.1. The zero-order valence-corrected chi connectivity index (χ0v) is 21.3. The second kappa shape index (κ2) is 11.9. The second-order valence-corrected chi connectivity index (χ2v) is 9.44. The third-order valence-corrected chi connectivity index (χ3v) is 6.98. The van der Waals surface area contributed by atoms with Crippen LogP contribution >= 0.6 is 0 Å². The van der Waals surface area contributed by atoms with E-state index in [1.54, 1.807) is 6.20 Å². The van der Waals surface area contributed by atoms with E-state index in [4.69, 9.17) is 4.74 Å². The van der Waals surface area contributed by atoms with Gasteiger partial charge in [-0.3, -0.25) is 14.8 Å². The lowest BCUT2D eigenvalue weighted by Gasteiger charge is -2.39. The minimum absolute atomic E-state index is 0.0163. The van der Waals surface area contributed by atoms with Crippen molar-refractivity contribution in [3.8, 4) is 17.0 Å². The number of benzene rings is 3. The first kappa shape index (κ1) is 24.8. The number of nitrogens with zero attached hydrogens (tertiary/aromatic N) is 3. The van der Waals surface area contributed by atoms with E-state index in [9.17, 15) is 4.79 Å². The van der Waals surface area contributed by atoms with Crippen molar-refractivity contribution in [3.05, 3.63) is 108 Å². The number of hydrogen-bond donors (Lipinski definition) is 1. The van der Waals surface area contributed by atoms with Crippen LogP contribution in [0.3, 0.4) is 0 Å². The van der Waals surface area contributed by atoms with E-state index in [2.05, 4.69) is 82.7 Å². The summed E-state index contributed by atoms with van der Waals surface area (Å²) in [4.78, 5) is 18.0. The SMILES string of the molecule is CCCCOc1ccc(-c2[nH]ncc2C(=O)N2CCN(C(c3ccccc3)c3ccccc3)CC2)cc1. The van der Waals surface area contributed by atoms with Gasteiger partial charge in [0.2, 0.25) is 0 Å². The summed E-state index contributed by atoms with van der Waals surface area (Å²) in [5, 5.41) is 7.24. The van der Waals surface area contributed by atoms with Crippen molar-refractivity contribution < 1.29 is 9.53 Å². The number of rotatable bonds is 9. The molecule has 6 nitrogen and oxygen atoms in total.